The highest BCUT2D eigenvalue weighted by Crippen LogP contribution is 2.33. The van der Waals surface area contributed by atoms with Gasteiger partial charge in [0, 0.05) is 24.3 Å². The minimum Gasteiger partial charge on any atom is -0.366 e. The molecule has 3 aromatic carbocycles. The van der Waals surface area contributed by atoms with Crippen LogP contribution in [0.4, 0.5) is 5.69 Å². The number of primary amides is 1. The van der Waals surface area contributed by atoms with Crippen LogP contribution in [0.5, 0.6) is 0 Å². The largest absolute Gasteiger partial charge is 0.366 e. The van der Waals surface area contributed by atoms with Crippen molar-refractivity contribution in [3.05, 3.63) is 89.5 Å². The Morgan fingerprint density at radius 3 is 1.90 bits per heavy atom. The summed E-state index contributed by atoms with van der Waals surface area (Å²) < 4.78 is 0. The van der Waals surface area contributed by atoms with E-state index in [4.69, 9.17) is 5.73 Å². The molecule has 146 valence electrons. The van der Waals surface area contributed by atoms with Crippen molar-refractivity contribution in [3.63, 3.8) is 0 Å². The van der Waals surface area contributed by atoms with E-state index in [1.807, 2.05) is 19.1 Å². The maximum Gasteiger partial charge on any atom is 0.248 e. The number of carbonyl (C=O) groups is 2. The van der Waals surface area contributed by atoms with Crippen LogP contribution in [0.1, 0.15) is 28.4 Å². The Balaban J connectivity index is 1.56. The van der Waals surface area contributed by atoms with E-state index >= 15 is 0 Å². The molecule has 0 radical (unpaired) electrons. The van der Waals surface area contributed by atoms with Crippen LogP contribution in [0.2, 0.25) is 0 Å². The minimum atomic E-state index is -0.488. The molecule has 0 saturated carbocycles. The zero-order chi connectivity index (χ0) is 20.4. The number of hydrogen-bond acceptors (Lipinski definition) is 3. The highest BCUT2D eigenvalue weighted by Gasteiger charge is 2.26. The van der Waals surface area contributed by atoms with Crippen LogP contribution in [-0.2, 0) is 17.9 Å². The number of fused-ring (bicyclic) bond motifs is 3. The summed E-state index contributed by atoms with van der Waals surface area (Å²) in [6.45, 7) is 3.31. The molecule has 1 unspecified atom stereocenters. The lowest BCUT2D eigenvalue weighted by Gasteiger charge is -2.27. The van der Waals surface area contributed by atoms with Gasteiger partial charge in [0.2, 0.25) is 11.8 Å². The van der Waals surface area contributed by atoms with Gasteiger partial charge < -0.3 is 11.1 Å². The van der Waals surface area contributed by atoms with Gasteiger partial charge in [0.25, 0.3) is 0 Å². The number of amides is 2. The van der Waals surface area contributed by atoms with E-state index in [2.05, 4.69) is 46.6 Å². The van der Waals surface area contributed by atoms with Crippen molar-refractivity contribution >= 4 is 17.5 Å². The molecule has 3 aromatic rings. The minimum absolute atomic E-state index is 0.0892. The quantitative estimate of drug-likeness (QED) is 0.717. The molecule has 4 rings (SSSR count). The summed E-state index contributed by atoms with van der Waals surface area (Å²) >= 11 is 0. The SMILES string of the molecule is CC(C(=O)Nc1ccc(C(N)=O)cc1)N1Cc2ccccc2-c2ccccc2C1. The molecule has 1 heterocycles. The third-order valence-corrected chi connectivity index (χ3v) is 5.44. The molecule has 5 heteroatoms. The van der Waals surface area contributed by atoms with Crippen molar-refractivity contribution in [2.45, 2.75) is 26.1 Å². The highest BCUT2D eigenvalue weighted by molar-refractivity contribution is 5.96. The Morgan fingerprint density at radius 1 is 0.862 bits per heavy atom. The predicted octanol–water partition coefficient (Wildman–Crippen LogP) is 3.80. The van der Waals surface area contributed by atoms with Crippen LogP contribution in [0, 0.1) is 0 Å². The number of carbonyl (C=O) groups excluding carboxylic acids is 2. The first-order valence-corrected chi connectivity index (χ1v) is 9.64. The van der Waals surface area contributed by atoms with E-state index in [1.165, 1.54) is 22.3 Å². The van der Waals surface area contributed by atoms with Gasteiger partial charge in [-0.25, -0.2) is 0 Å². The zero-order valence-electron chi connectivity index (χ0n) is 16.3. The number of nitrogens with two attached hydrogens (primary N) is 1. The van der Waals surface area contributed by atoms with Crippen LogP contribution in [0.25, 0.3) is 11.1 Å². The summed E-state index contributed by atoms with van der Waals surface area (Å²) in [4.78, 5) is 26.3. The second-order valence-electron chi connectivity index (χ2n) is 7.33. The van der Waals surface area contributed by atoms with E-state index in [-0.39, 0.29) is 11.9 Å². The van der Waals surface area contributed by atoms with E-state index in [9.17, 15) is 9.59 Å². The normalized spacial score (nSPS) is 14.2. The van der Waals surface area contributed by atoms with Gasteiger partial charge in [0.05, 0.1) is 6.04 Å². The standard InChI is InChI=1S/C24H23N3O2/c1-16(24(29)26-20-12-10-17(11-13-20)23(25)28)27-14-18-6-2-4-8-21(18)22-9-5-3-7-19(22)15-27/h2-13,16H,14-15H2,1H3,(H2,25,28)(H,26,29). The van der Waals surface area contributed by atoms with Gasteiger partial charge in [-0.3, -0.25) is 14.5 Å². The molecule has 0 saturated heterocycles. The molecule has 5 nitrogen and oxygen atoms in total. The molecule has 1 aliphatic rings. The second-order valence-corrected chi connectivity index (χ2v) is 7.33. The van der Waals surface area contributed by atoms with Crippen LogP contribution in [0.15, 0.2) is 72.8 Å². The molecular formula is C24H23N3O2. The lowest BCUT2D eigenvalue weighted by Crippen LogP contribution is -2.40. The first-order valence-electron chi connectivity index (χ1n) is 9.64. The third kappa shape index (κ3) is 3.91. The van der Waals surface area contributed by atoms with Crippen molar-refractivity contribution in [2.75, 3.05) is 5.32 Å². The van der Waals surface area contributed by atoms with E-state index < -0.39 is 5.91 Å². The van der Waals surface area contributed by atoms with Gasteiger partial charge in [-0.2, -0.15) is 0 Å². The number of nitrogens with one attached hydrogen (secondary N) is 1. The Hall–Kier alpha value is -3.44. The number of nitrogens with zero attached hydrogens (tertiary/aromatic N) is 1. The van der Waals surface area contributed by atoms with E-state index in [0.717, 1.165) is 0 Å². The number of anilines is 1. The molecule has 29 heavy (non-hydrogen) atoms. The van der Waals surface area contributed by atoms with Crippen molar-refractivity contribution in [2.24, 2.45) is 5.73 Å². The Labute approximate surface area is 170 Å². The van der Waals surface area contributed by atoms with E-state index in [1.54, 1.807) is 24.3 Å². The average molecular weight is 385 g/mol. The second kappa shape index (κ2) is 7.89. The molecule has 2 amide bonds. The van der Waals surface area contributed by atoms with E-state index in [0.29, 0.717) is 24.3 Å². The summed E-state index contributed by atoms with van der Waals surface area (Å²) in [7, 11) is 0. The van der Waals surface area contributed by atoms with Crippen molar-refractivity contribution in [3.8, 4) is 11.1 Å². The monoisotopic (exact) mass is 385 g/mol. The van der Waals surface area contributed by atoms with Gasteiger partial charge in [-0.1, -0.05) is 48.5 Å². The first kappa shape index (κ1) is 18.9. The van der Waals surface area contributed by atoms with Crippen LogP contribution >= 0.6 is 0 Å². The number of hydrogen-bond donors (Lipinski definition) is 2. The van der Waals surface area contributed by atoms with Gasteiger partial charge in [0.15, 0.2) is 0 Å². The third-order valence-electron chi connectivity index (χ3n) is 5.44. The Bertz CT molecular complexity index is 1010. The molecule has 0 aromatic heterocycles. The molecule has 3 N–H and O–H groups in total. The summed E-state index contributed by atoms with van der Waals surface area (Å²) in [5.74, 6) is -0.577. The van der Waals surface area contributed by atoms with Crippen LogP contribution < -0.4 is 11.1 Å². The molecule has 0 spiro atoms. The number of rotatable bonds is 4. The van der Waals surface area contributed by atoms with Gasteiger partial charge in [-0.15, -0.1) is 0 Å². The average Bonchev–Trinajstić information content (AvgIpc) is 2.90. The molecule has 1 aliphatic heterocycles. The van der Waals surface area contributed by atoms with Gasteiger partial charge in [0.1, 0.15) is 0 Å². The summed E-state index contributed by atoms with van der Waals surface area (Å²) in [6, 6.07) is 23.0. The number of benzene rings is 3. The van der Waals surface area contributed by atoms with Crippen LogP contribution in [-0.4, -0.2) is 22.8 Å². The van der Waals surface area contributed by atoms with Crippen molar-refractivity contribution in [1.82, 2.24) is 4.90 Å². The Morgan fingerprint density at radius 2 is 1.38 bits per heavy atom. The predicted molar refractivity (Wildman–Crippen MR) is 114 cm³/mol. The molecule has 0 aliphatic carbocycles. The fraction of sp³-hybridized carbons (Fsp3) is 0.167. The first-order chi connectivity index (χ1) is 14.0. The molecule has 0 bridgehead atoms. The smallest absolute Gasteiger partial charge is 0.248 e. The fourth-order valence-corrected chi connectivity index (χ4v) is 3.74. The fourth-order valence-electron chi connectivity index (χ4n) is 3.74. The molecule has 1 atom stereocenters. The Kier molecular flexibility index (Phi) is 5.14. The van der Waals surface area contributed by atoms with Crippen molar-refractivity contribution < 1.29 is 9.59 Å². The molecular weight excluding hydrogens is 362 g/mol. The van der Waals surface area contributed by atoms with Gasteiger partial charge in [-0.05, 0) is 53.4 Å². The molecule has 0 fully saturated rings. The maximum absolute atomic E-state index is 12.9. The topological polar surface area (TPSA) is 75.4 Å². The van der Waals surface area contributed by atoms with Crippen LogP contribution in [0.3, 0.4) is 0 Å². The van der Waals surface area contributed by atoms with Crippen molar-refractivity contribution in [1.29, 1.82) is 0 Å². The van der Waals surface area contributed by atoms with Gasteiger partial charge >= 0.3 is 0 Å². The summed E-state index contributed by atoms with van der Waals surface area (Å²) in [6.07, 6.45) is 0. The maximum atomic E-state index is 12.9. The zero-order valence-corrected chi connectivity index (χ0v) is 16.3. The summed E-state index contributed by atoms with van der Waals surface area (Å²) in [5, 5.41) is 2.94. The lowest BCUT2D eigenvalue weighted by molar-refractivity contribution is -0.121. The lowest BCUT2D eigenvalue weighted by atomic mass is 9.97. The summed E-state index contributed by atoms with van der Waals surface area (Å²) in [5.41, 5.74) is 11.2. The highest BCUT2D eigenvalue weighted by atomic mass is 16.2.